The van der Waals surface area contributed by atoms with E-state index in [9.17, 15) is 18.0 Å². The van der Waals surface area contributed by atoms with Crippen molar-refractivity contribution < 1.29 is 18.0 Å². The summed E-state index contributed by atoms with van der Waals surface area (Å²) in [6, 6.07) is 2.11. The SMILES string of the molecule is CC1CNCCN1C(=O)c1cn(-c2ccc(C(F)(F)F)cn2)nn1.Cl.Cl. The van der Waals surface area contributed by atoms with Crippen molar-refractivity contribution >= 4 is 30.7 Å². The van der Waals surface area contributed by atoms with E-state index >= 15 is 0 Å². The van der Waals surface area contributed by atoms with E-state index in [2.05, 4.69) is 20.6 Å². The van der Waals surface area contributed by atoms with Crippen molar-refractivity contribution in [2.45, 2.75) is 19.1 Å². The lowest BCUT2D eigenvalue weighted by atomic mass is 10.2. The number of hydrogen-bond acceptors (Lipinski definition) is 5. The number of nitrogens with zero attached hydrogens (tertiary/aromatic N) is 5. The van der Waals surface area contributed by atoms with E-state index in [4.69, 9.17) is 0 Å². The quantitative estimate of drug-likeness (QED) is 0.815. The lowest BCUT2D eigenvalue weighted by molar-refractivity contribution is -0.137. The first-order valence-corrected chi connectivity index (χ1v) is 7.34. The minimum atomic E-state index is -4.45. The normalized spacial score (nSPS) is 17.2. The summed E-state index contributed by atoms with van der Waals surface area (Å²) in [5.74, 6) is -0.106. The number of nitrogens with one attached hydrogen (secondary N) is 1. The van der Waals surface area contributed by atoms with Crippen molar-refractivity contribution in [3.8, 4) is 5.82 Å². The molecule has 1 aliphatic rings. The van der Waals surface area contributed by atoms with Crippen molar-refractivity contribution in [1.82, 2.24) is 30.2 Å². The maximum atomic E-state index is 12.5. The molecular weight excluding hydrogens is 396 g/mol. The van der Waals surface area contributed by atoms with Gasteiger partial charge in [0, 0.05) is 31.9 Å². The number of piperazine rings is 1. The highest BCUT2D eigenvalue weighted by atomic mass is 35.5. The van der Waals surface area contributed by atoms with E-state index in [0.29, 0.717) is 19.6 Å². The lowest BCUT2D eigenvalue weighted by Gasteiger charge is -2.33. The van der Waals surface area contributed by atoms with Gasteiger partial charge >= 0.3 is 6.18 Å². The van der Waals surface area contributed by atoms with Crippen molar-refractivity contribution in [2.24, 2.45) is 0 Å². The van der Waals surface area contributed by atoms with Gasteiger partial charge in [-0.1, -0.05) is 5.21 Å². The zero-order valence-electron chi connectivity index (χ0n) is 13.6. The second kappa shape index (κ2) is 8.65. The molecule has 0 aliphatic carbocycles. The maximum Gasteiger partial charge on any atom is 0.417 e. The van der Waals surface area contributed by atoms with Crippen molar-refractivity contribution in [3.63, 3.8) is 0 Å². The number of pyridine rings is 1. The van der Waals surface area contributed by atoms with Gasteiger partial charge in [0.15, 0.2) is 11.5 Å². The third-order valence-corrected chi connectivity index (χ3v) is 3.78. The molecule has 2 aromatic heterocycles. The molecule has 0 bridgehead atoms. The summed E-state index contributed by atoms with van der Waals surface area (Å²) in [5, 5.41) is 10.8. The Morgan fingerprint density at radius 2 is 2.04 bits per heavy atom. The van der Waals surface area contributed by atoms with Gasteiger partial charge in [-0.15, -0.1) is 29.9 Å². The van der Waals surface area contributed by atoms with Gasteiger partial charge in [0.25, 0.3) is 5.91 Å². The molecule has 0 spiro atoms. The number of amides is 1. The smallest absolute Gasteiger partial charge is 0.332 e. The predicted octanol–water partition coefficient (Wildman–Crippen LogP) is 1.96. The highest BCUT2D eigenvalue weighted by molar-refractivity contribution is 5.92. The molecule has 1 N–H and O–H groups in total. The van der Waals surface area contributed by atoms with E-state index in [1.165, 1.54) is 16.9 Å². The molecule has 1 unspecified atom stereocenters. The summed E-state index contributed by atoms with van der Waals surface area (Å²) in [7, 11) is 0. The van der Waals surface area contributed by atoms with Gasteiger partial charge in [0.05, 0.1) is 11.8 Å². The highest BCUT2D eigenvalue weighted by Gasteiger charge is 2.31. The standard InChI is InChI=1S/C14H15F3N6O.2ClH/c1-9-6-18-4-5-22(9)13(24)11-8-23(21-20-11)12-3-2-10(7-19-12)14(15,16)17;;/h2-3,7-9,18H,4-6H2,1H3;2*1H. The van der Waals surface area contributed by atoms with Gasteiger partial charge in [0.1, 0.15) is 0 Å². The molecule has 3 rings (SSSR count). The molecule has 0 saturated carbocycles. The fourth-order valence-corrected chi connectivity index (χ4v) is 2.45. The predicted molar refractivity (Wildman–Crippen MR) is 92.0 cm³/mol. The fraction of sp³-hybridized carbons (Fsp3) is 0.429. The molecule has 2 aromatic rings. The number of aromatic nitrogens is 4. The summed E-state index contributed by atoms with van der Waals surface area (Å²) in [4.78, 5) is 17.9. The van der Waals surface area contributed by atoms with Crippen molar-refractivity contribution in [3.05, 3.63) is 35.8 Å². The number of halogens is 5. The van der Waals surface area contributed by atoms with Crippen LogP contribution in [0.25, 0.3) is 5.82 Å². The molecule has 1 saturated heterocycles. The van der Waals surface area contributed by atoms with Crippen LogP contribution >= 0.6 is 24.8 Å². The van der Waals surface area contributed by atoms with Gasteiger partial charge in [0.2, 0.25) is 0 Å². The maximum absolute atomic E-state index is 12.5. The van der Waals surface area contributed by atoms with Gasteiger partial charge in [-0.05, 0) is 19.1 Å². The second-order valence-electron chi connectivity index (χ2n) is 5.50. The van der Waals surface area contributed by atoms with E-state index < -0.39 is 11.7 Å². The largest absolute Gasteiger partial charge is 0.417 e. The Bertz CT molecular complexity index is 737. The molecule has 26 heavy (non-hydrogen) atoms. The van der Waals surface area contributed by atoms with Crippen molar-refractivity contribution in [2.75, 3.05) is 19.6 Å². The van der Waals surface area contributed by atoms with Crippen LogP contribution in [0, 0.1) is 0 Å². The molecular formula is C14H17Cl2F3N6O. The van der Waals surface area contributed by atoms with Crippen LogP contribution in [0.4, 0.5) is 13.2 Å². The van der Waals surface area contributed by atoms with E-state index in [1.54, 1.807) is 4.90 Å². The van der Waals surface area contributed by atoms with Crippen LogP contribution in [0.3, 0.4) is 0 Å². The van der Waals surface area contributed by atoms with E-state index in [0.717, 1.165) is 12.3 Å². The highest BCUT2D eigenvalue weighted by Crippen LogP contribution is 2.28. The number of rotatable bonds is 2. The molecule has 0 aromatic carbocycles. The Morgan fingerprint density at radius 1 is 1.31 bits per heavy atom. The first kappa shape index (κ1) is 22.1. The van der Waals surface area contributed by atoms with Crippen LogP contribution in [0.5, 0.6) is 0 Å². The van der Waals surface area contributed by atoms with Gasteiger partial charge in [-0.3, -0.25) is 4.79 Å². The fourth-order valence-electron chi connectivity index (χ4n) is 2.45. The summed E-state index contributed by atoms with van der Waals surface area (Å²) >= 11 is 0. The van der Waals surface area contributed by atoms with Crippen LogP contribution in [0.1, 0.15) is 23.0 Å². The zero-order valence-corrected chi connectivity index (χ0v) is 15.2. The number of alkyl halides is 3. The summed E-state index contributed by atoms with van der Waals surface area (Å²) in [6.07, 6.45) is -2.36. The van der Waals surface area contributed by atoms with Crippen LogP contribution in [-0.2, 0) is 6.18 Å². The van der Waals surface area contributed by atoms with Gasteiger partial charge in [-0.2, -0.15) is 13.2 Å². The molecule has 12 heteroatoms. The van der Waals surface area contributed by atoms with Crippen molar-refractivity contribution in [1.29, 1.82) is 0 Å². The molecule has 7 nitrogen and oxygen atoms in total. The topological polar surface area (TPSA) is 75.9 Å². The number of carbonyl (C=O) groups is 1. The second-order valence-corrected chi connectivity index (χ2v) is 5.50. The van der Waals surface area contributed by atoms with Gasteiger partial charge in [-0.25, -0.2) is 9.67 Å². The van der Waals surface area contributed by atoms with E-state index in [1.807, 2.05) is 6.92 Å². The van der Waals surface area contributed by atoms with Crippen LogP contribution in [-0.4, -0.2) is 56.5 Å². The molecule has 1 aliphatic heterocycles. The molecule has 0 radical (unpaired) electrons. The Hall–Kier alpha value is -1.91. The Labute approximate surface area is 159 Å². The monoisotopic (exact) mass is 412 g/mol. The first-order chi connectivity index (χ1) is 11.4. The third-order valence-electron chi connectivity index (χ3n) is 3.78. The Kier molecular flexibility index (Phi) is 7.36. The zero-order chi connectivity index (χ0) is 17.3. The van der Waals surface area contributed by atoms with Gasteiger partial charge < -0.3 is 10.2 Å². The molecule has 3 heterocycles. The first-order valence-electron chi connectivity index (χ1n) is 7.34. The average Bonchev–Trinajstić information content (AvgIpc) is 3.04. The van der Waals surface area contributed by atoms with Crippen LogP contribution in [0.2, 0.25) is 0 Å². The lowest BCUT2D eigenvalue weighted by Crippen LogP contribution is -2.52. The number of carbonyl (C=O) groups excluding carboxylic acids is 1. The molecule has 1 amide bonds. The molecule has 1 atom stereocenters. The minimum absolute atomic E-state index is 0. The Balaban J connectivity index is 0.00000169. The summed E-state index contributed by atoms with van der Waals surface area (Å²) in [5.41, 5.74) is -0.720. The number of hydrogen-bond donors (Lipinski definition) is 1. The molecule has 1 fully saturated rings. The summed E-state index contributed by atoms with van der Waals surface area (Å²) < 4.78 is 38.8. The average molecular weight is 413 g/mol. The molecule has 144 valence electrons. The minimum Gasteiger partial charge on any atom is -0.332 e. The Morgan fingerprint density at radius 3 is 2.62 bits per heavy atom. The summed E-state index contributed by atoms with van der Waals surface area (Å²) in [6.45, 7) is 3.88. The van der Waals surface area contributed by atoms with E-state index in [-0.39, 0.29) is 48.3 Å². The van der Waals surface area contributed by atoms with Crippen LogP contribution < -0.4 is 5.32 Å². The van der Waals surface area contributed by atoms with Crippen LogP contribution in [0.15, 0.2) is 24.5 Å². The third kappa shape index (κ3) is 4.63.